The Morgan fingerprint density at radius 3 is 2.66 bits per heavy atom. The minimum Gasteiger partial charge on any atom is -0.451 e. The van der Waals surface area contributed by atoms with Crippen molar-refractivity contribution < 1.29 is 24.9 Å². The van der Waals surface area contributed by atoms with Gasteiger partial charge in [0, 0.05) is 0 Å². The summed E-state index contributed by atoms with van der Waals surface area (Å²) in [6.07, 6.45) is -1.43. The van der Waals surface area contributed by atoms with Crippen LogP contribution in [0, 0.1) is 0 Å². The van der Waals surface area contributed by atoms with Crippen LogP contribution in [0.25, 0.3) is 10.8 Å². The molecule has 2 aromatic carbocycles. The van der Waals surface area contributed by atoms with Crippen molar-refractivity contribution in [2.45, 2.75) is 42.6 Å². The lowest BCUT2D eigenvalue weighted by molar-refractivity contribution is -0.257. The average Bonchev–Trinajstić information content (AvgIpc) is 3.20. The molecular weight excluding hydrogens is 416 g/mol. The van der Waals surface area contributed by atoms with Gasteiger partial charge in [-0.15, -0.1) is 0 Å². The van der Waals surface area contributed by atoms with E-state index in [0.717, 1.165) is 5.39 Å². The number of hydrogen-bond donors (Lipinski definition) is 6. The van der Waals surface area contributed by atoms with Gasteiger partial charge < -0.3 is 41.7 Å². The van der Waals surface area contributed by atoms with Crippen LogP contribution in [0.3, 0.4) is 0 Å². The highest BCUT2D eigenvalue weighted by Gasteiger charge is 2.76. The SMILES string of the molecule is C[C@H]1[C@H](OC(=O)c2cccc3ccccc23)C(O)(O)[C@]23NC(N)=NC2[C@H](CO)N=C(N)N13. The summed E-state index contributed by atoms with van der Waals surface area (Å²) in [5.74, 6) is -3.51. The van der Waals surface area contributed by atoms with Crippen molar-refractivity contribution in [1.82, 2.24) is 10.2 Å². The summed E-state index contributed by atoms with van der Waals surface area (Å²) < 4.78 is 5.70. The molecule has 0 aromatic heterocycles. The summed E-state index contributed by atoms with van der Waals surface area (Å²) in [7, 11) is 0. The van der Waals surface area contributed by atoms with E-state index < -0.39 is 48.3 Å². The number of ether oxygens (including phenoxy) is 1. The molecule has 1 unspecified atom stereocenters. The predicted octanol–water partition coefficient (Wildman–Crippen LogP) is -1.58. The van der Waals surface area contributed by atoms with Gasteiger partial charge in [-0.3, -0.25) is 0 Å². The molecule has 32 heavy (non-hydrogen) atoms. The van der Waals surface area contributed by atoms with Crippen LogP contribution in [0.1, 0.15) is 17.3 Å². The Bertz CT molecular complexity index is 1160. The van der Waals surface area contributed by atoms with Gasteiger partial charge in [-0.1, -0.05) is 36.4 Å². The first-order chi connectivity index (χ1) is 15.2. The number of carbonyl (C=O) groups excluding carboxylic acids is 1. The molecule has 0 radical (unpaired) electrons. The Morgan fingerprint density at radius 2 is 1.91 bits per heavy atom. The number of rotatable bonds is 3. The molecule has 0 saturated carbocycles. The van der Waals surface area contributed by atoms with Gasteiger partial charge in [0.05, 0.1) is 18.2 Å². The molecule has 1 saturated heterocycles. The number of hydrogen-bond acceptors (Lipinski definition) is 11. The maximum atomic E-state index is 13.2. The van der Waals surface area contributed by atoms with Crippen LogP contribution in [0.2, 0.25) is 0 Å². The first-order valence-corrected chi connectivity index (χ1v) is 10.2. The van der Waals surface area contributed by atoms with Crippen LogP contribution in [0.15, 0.2) is 52.4 Å². The van der Waals surface area contributed by atoms with Crippen molar-refractivity contribution >= 4 is 28.7 Å². The molecule has 3 heterocycles. The molecule has 1 fully saturated rings. The number of esters is 1. The Hall–Kier alpha value is -3.41. The third-order valence-electron chi connectivity index (χ3n) is 6.55. The zero-order valence-corrected chi connectivity index (χ0v) is 17.2. The fourth-order valence-corrected chi connectivity index (χ4v) is 5.20. The molecule has 8 N–H and O–H groups in total. The van der Waals surface area contributed by atoms with Crippen molar-refractivity contribution in [2.24, 2.45) is 21.5 Å². The largest absolute Gasteiger partial charge is 0.451 e. The normalized spacial score (nSPS) is 32.6. The quantitative estimate of drug-likeness (QED) is 0.243. The lowest BCUT2D eigenvalue weighted by atomic mass is 9.86. The van der Waals surface area contributed by atoms with Gasteiger partial charge in [0.2, 0.25) is 5.79 Å². The second kappa shape index (κ2) is 6.79. The second-order valence-electron chi connectivity index (χ2n) is 8.28. The van der Waals surface area contributed by atoms with Gasteiger partial charge in [-0.25, -0.2) is 14.8 Å². The number of benzene rings is 2. The molecule has 1 spiro atoms. The zero-order valence-electron chi connectivity index (χ0n) is 17.2. The standard InChI is InChI=1S/C21H24N6O5/c1-10-16(32-17(29)13-8-4-6-11-5-2-3-7-12(11)13)21(30,31)20-15(25-18(22)26-20)14(9-28)24-19(23)27(10)20/h2-8,10,14-16,28,30-31H,9H2,1H3,(H2,23,24)(H3,22,25,26)/t10-,14-,15?,16-,20-/m0/s1. The Morgan fingerprint density at radius 1 is 1.19 bits per heavy atom. The van der Waals surface area contributed by atoms with E-state index in [4.69, 9.17) is 16.2 Å². The van der Waals surface area contributed by atoms with Crippen LogP contribution >= 0.6 is 0 Å². The number of nitrogens with one attached hydrogen (secondary N) is 1. The van der Waals surface area contributed by atoms with Crippen LogP contribution in [-0.4, -0.2) is 80.4 Å². The highest BCUT2D eigenvalue weighted by molar-refractivity contribution is 6.04. The number of aliphatic hydroxyl groups is 3. The molecule has 3 aliphatic rings. The molecule has 0 amide bonds. The first kappa shape index (κ1) is 20.5. The predicted molar refractivity (Wildman–Crippen MR) is 115 cm³/mol. The smallest absolute Gasteiger partial charge is 0.339 e. The molecule has 168 valence electrons. The number of aliphatic imine (C=N–C) groups is 2. The number of fused-ring (bicyclic) bond motifs is 1. The zero-order chi connectivity index (χ0) is 22.8. The highest BCUT2D eigenvalue weighted by Crippen LogP contribution is 2.48. The first-order valence-electron chi connectivity index (χ1n) is 10.2. The summed E-state index contributed by atoms with van der Waals surface area (Å²) in [5.41, 5.74) is 10.5. The molecule has 5 rings (SSSR count). The second-order valence-corrected chi connectivity index (χ2v) is 8.28. The summed E-state index contributed by atoms with van der Waals surface area (Å²) in [6, 6.07) is 9.88. The molecular formula is C21H24N6O5. The molecule has 11 heteroatoms. The minimum absolute atomic E-state index is 0.0543. The topological polar surface area (TPSA) is 179 Å². The van der Waals surface area contributed by atoms with Gasteiger partial charge in [0.25, 0.3) is 0 Å². The van der Waals surface area contributed by atoms with Crippen molar-refractivity contribution in [3.05, 3.63) is 48.0 Å². The molecule has 11 nitrogen and oxygen atoms in total. The van der Waals surface area contributed by atoms with Gasteiger partial charge in [-0.2, -0.15) is 0 Å². The van der Waals surface area contributed by atoms with Gasteiger partial charge in [-0.05, 0) is 23.8 Å². The minimum atomic E-state index is -2.67. The van der Waals surface area contributed by atoms with E-state index in [9.17, 15) is 20.1 Å². The van der Waals surface area contributed by atoms with E-state index >= 15 is 0 Å². The van der Waals surface area contributed by atoms with E-state index in [1.165, 1.54) is 4.90 Å². The van der Waals surface area contributed by atoms with Gasteiger partial charge in [0.15, 0.2) is 23.7 Å². The molecule has 0 aliphatic carbocycles. The number of guanidine groups is 2. The van der Waals surface area contributed by atoms with Crippen LogP contribution < -0.4 is 16.8 Å². The highest BCUT2D eigenvalue weighted by atomic mass is 16.6. The third-order valence-corrected chi connectivity index (χ3v) is 6.55. The van der Waals surface area contributed by atoms with E-state index in [1.807, 2.05) is 18.2 Å². The van der Waals surface area contributed by atoms with E-state index in [0.29, 0.717) is 5.39 Å². The lowest BCUT2D eigenvalue weighted by Gasteiger charge is -2.48. The van der Waals surface area contributed by atoms with Crippen molar-refractivity contribution in [3.63, 3.8) is 0 Å². The molecule has 2 aromatic rings. The fraction of sp³-hybridized carbons (Fsp3) is 0.381. The molecule has 0 bridgehead atoms. The van der Waals surface area contributed by atoms with Crippen LogP contribution in [0.4, 0.5) is 0 Å². The average molecular weight is 440 g/mol. The van der Waals surface area contributed by atoms with Gasteiger partial charge in [0.1, 0.15) is 12.1 Å². The summed E-state index contributed by atoms with van der Waals surface area (Å²) >= 11 is 0. The Labute approximate surface area is 183 Å². The summed E-state index contributed by atoms with van der Waals surface area (Å²) in [6.45, 7) is 1.19. The van der Waals surface area contributed by atoms with E-state index in [2.05, 4.69) is 15.3 Å². The number of aliphatic hydroxyl groups excluding tert-OH is 1. The van der Waals surface area contributed by atoms with Crippen molar-refractivity contribution in [2.75, 3.05) is 6.61 Å². The lowest BCUT2D eigenvalue weighted by Crippen LogP contribution is -2.77. The summed E-state index contributed by atoms with van der Waals surface area (Å²) in [4.78, 5) is 23.1. The summed E-state index contributed by atoms with van der Waals surface area (Å²) in [5, 5.41) is 36.9. The van der Waals surface area contributed by atoms with E-state index in [-0.39, 0.29) is 17.5 Å². The number of carbonyl (C=O) groups is 1. The Kier molecular flexibility index (Phi) is 4.35. The fourth-order valence-electron chi connectivity index (χ4n) is 5.20. The molecule has 3 aliphatic heterocycles. The maximum Gasteiger partial charge on any atom is 0.339 e. The monoisotopic (exact) mass is 440 g/mol. The number of nitrogens with two attached hydrogens (primary N) is 2. The van der Waals surface area contributed by atoms with Gasteiger partial charge >= 0.3 is 5.97 Å². The van der Waals surface area contributed by atoms with E-state index in [1.54, 1.807) is 31.2 Å². The van der Waals surface area contributed by atoms with Crippen molar-refractivity contribution in [1.29, 1.82) is 0 Å². The Balaban J connectivity index is 1.56. The maximum absolute atomic E-state index is 13.2. The molecule has 5 atom stereocenters. The third kappa shape index (κ3) is 2.49. The van der Waals surface area contributed by atoms with Crippen molar-refractivity contribution in [3.8, 4) is 0 Å². The van der Waals surface area contributed by atoms with Crippen LogP contribution in [0.5, 0.6) is 0 Å². The van der Waals surface area contributed by atoms with Crippen LogP contribution in [-0.2, 0) is 4.74 Å². The number of nitrogens with zero attached hydrogens (tertiary/aromatic N) is 3.